The Kier molecular flexibility index (Phi) is 3.73. The molecular formula is C13H13N3O3S. The van der Waals surface area contributed by atoms with E-state index in [0.29, 0.717) is 5.69 Å². The number of anilines is 2. The molecule has 0 saturated carbocycles. The second kappa shape index (κ2) is 5.32. The second-order valence-corrected chi connectivity index (χ2v) is 5.55. The van der Waals surface area contributed by atoms with E-state index in [-0.39, 0.29) is 10.6 Å². The molecule has 104 valence electrons. The van der Waals surface area contributed by atoms with Crippen molar-refractivity contribution in [3.05, 3.63) is 54.6 Å². The van der Waals surface area contributed by atoms with Gasteiger partial charge in [-0.1, -0.05) is 30.3 Å². The minimum absolute atomic E-state index is 0.119. The number of para-hydroxylation sites is 2. The van der Waals surface area contributed by atoms with Crippen LogP contribution in [0.1, 0.15) is 0 Å². The van der Waals surface area contributed by atoms with Crippen LogP contribution in [-0.2, 0) is 10.0 Å². The van der Waals surface area contributed by atoms with Crippen molar-refractivity contribution in [2.45, 2.75) is 4.90 Å². The lowest BCUT2D eigenvalue weighted by atomic mass is 10.2. The molecule has 0 unspecified atom stereocenters. The lowest BCUT2D eigenvalue weighted by molar-refractivity contribution is 0.256. The fourth-order valence-corrected chi connectivity index (χ4v) is 2.56. The zero-order chi connectivity index (χ0) is 14.8. The third-order valence-electron chi connectivity index (χ3n) is 2.65. The largest absolute Gasteiger partial charge is 0.351 e. The number of hydrogen-bond donors (Lipinski definition) is 2. The van der Waals surface area contributed by atoms with Gasteiger partial charge in [0, 0.05) is 0 Å². The summed E-state index contributed by atoms with van der Waals surface area (Å²) in [6.07, 6.45) is 0. The van der Waals surface area contributed by atoms with Gasteiger partial charge in [0.1, 0.15) is 4.90 Å². The van der Waals surface area contributed by atoms with Gasteiger partial charge < -0.3 is 5.73 Å². The number of hydrogen-bond acceptors (Lipinski definition) is 3. The van der Waals surface area contributed by atoms with Gasteiger partial charge in [0.2, 0.25) is 10.0 Å². The SMILES string of the molecule is NC(=O)N(c1ccccc1)c1ccccc1S(N)(=O)=O. The van der Waals surface area contributed by atoms with Crippen molar-refractivity contribution in [3.63, 3.8) is 0 Å². The van der Waals surface area contributed by atoms with Crippen LogP contribution in [0.25, 0.3) is 0 Å². The van der Waals surface area contributed by atoms with E-state index in [4.69, 9.17) is 10.9 Å². The van der Waals surface area contributed by atoms with Crippen LogP contribution in [0.4, 0.5) is 16.2 Å². The maximum atomic E-state index is 11.7. The standard InChI is InChI=1S/C13H13N3O3S/c14-13(17)16(10-6-2-1-3-7-10)11-8-4-5-9-12(11)20(15,18)19/h1-9H,(H2,14,17)(H2,15,18,19). The Labute approximate surface area is 116 Å². The predicted octanol–water partition coefficient (Wildman–Crippen LogP) is 1.55. The number of amides is 2. The van der Waals surface area contributed by atoms with Crippen molar-refractivity contribution < 1.29 is 13.2 Å². The van der Waals surface area contributed by atoms with Gasteiger partial charge in [-0.05, 0) is 24.3 Å². The minimum Gasteiger partial charge on any atom is -0.351 e. The first kappa shape index (κ1) is 14.0. The van der Waals surface area contributed by atoms with Crippen LogP contribution in [0.2, 0.25) is 0 Å². The molecule has 0 spiro atoms. The van der Waals surface area contributed by atoms with Crippen LogP contribution in [0.3, 0.4) is 0 Å². The highest BCUT2D eigenvalue weighted by atomic mass is 32.2. The molecule has 0 aliphatic rings. The third-order valence-corrected chi connectivity index (χ3v) is 3.61. The highest BCUT2D eigenvalue weighted by Crippen LogP contribution is 2.30. The Morgan fingerprint density at radius 1 is 0.950 bits per heavy atom. The molecule has 0 heterocycles. The maximum absolute atomic E-state index is 11.7. The fraction of sp³-hybridized carbons (Fsp3) is 0. The van der Waals surface area contributed by atoms with Crippen LogP contribution in [0.5, 0.6) is 0 Å². The number of primary amides is 1. The normalized spacial score (nSPS) is 11.1. The maximum Gasteiger partial charge on any atom is 0.323 e. The summed E-state index contributed by atoms with van der Waals surface area (Å²) in [5.41, 5.74) is 5.94. The molecule has 2 amide bonds. The average molecular weight is 291 g/mol. The van der Waals surface area contributed by atoms with Gasteiger partial charge >= 0.3 is 6.03 Å². The fourth-order valence-electron chi connectivity index (χ4n) is 1.84. The van der Waals surface area contributed by atoms with E-state index in [2.05, 4.69) is 0 Å². The second-order valence-electron chi connectivity index (χ2n) is 4.02. The van der Waals surface area contributed by atoms with Crippen molar-refractivity contribution in [1.29, 1.82) is 0 Å². The van der Waals surface area contributed by atoms with E-state index >= 15 is 0 Å². The smallest absolute Gasteiger partial charge is 0.323 e. The van der Waals surface area contributed by atoms with E-state index in [0.717, 1.165) is 4.90 Å². The summed E-state index contributed by atoms with van der Waals surface area (Å²) in [5.74, 6) is 0. The summed E-state index contributed by atoms with van der Waals surface area (Å²) in [6, 6.07) is 13.6. The van der Waals surface area contributed by atoms with Crippen LogP contribution in [0, 0.1) is 0 Å². The first-order valence-corrected chi connectivity index (χ1v) is 7.22. The summed E-state index contributed by atoms with van der Waals surface area (Å²) >= 11 is 0. The Morgan fingerprint density at radius 2 is 1.50 bits per heavy atom. The van der Waals surface area contributed by atoms with Gasteiger partial charge in [0.05, 0.1) is 11.4 Å². The molecular weight excluding hydrogens is 278 g/mol. The molecule has 0 aliphatic heterocycles. The zero-order valence-electron chi connectivity index (χ0n) is 10.4. The molecule has 2 aromatic carbocycles. The number of nitrogens with zero attached hydrogens (tertiary/aromatic N) is 1. The molecule has 0 saturated heterocycles. The number of rotatable bonds is 3. The monoisotopic (exact) mass is 291 g/mol. The van der Waals surface area contributed by atoms with Crippen LogP contribution in [0.15, 0.2) is 59.5 Å². The van der Waals surface area contributed by atoms with Gasteiger partial charge in [-0.3, -0.25) is 4.90 Å². The number of primary sulfonamides is 1. The summed E-state index contributed by atoms with van der Waals surface area (Å²) in [4.78, 5) is 12.6. The number of carbonyl (C=O) groups is 1. The number of nitrogens with two attached hydrogens (primary N) is 2. The van der Waals surface area contributed by atoms with E-state index in [1.54, 1.807) is 36.4 Å². The topological polar surface area (TPSA) is 106 Å². The Balaban J connectivity index is 2.67. The van der Waals surface area contributed by atoms with Crippen molar-refractivity contribution in [1.82, 2.24) is 0 Å². The van der Waals surface area contributed by atoms with Crippen LogP contribution in [-0.4, -0.2) is 14.4 Å². The summed E-state index contributed by atoms with van der Waals surface area (Å²) in [5, 5.41) is 5.17. The van der Waals surface area contributed by atoms with E-state index in [1.165, 1.54) is 18.2 Å². The van der Waals surface area contributed by atoms with Gasteiger partial charge in [0.15, 0.2) is 0 Å². The molecule has 20 heavy (non-hydrogen) atoms. The zero-order valence-corrected chi connectivity index (χ0v) is 11.2. The molecule has 4 N–H and O–H groups in total. The van der Waals surface area contributed by atoms with Gasteiger partial charge in [-0.25, -0.2) is 18.4 Å². The summed E-state index contributed by atoms with van der Waals surface area (Å²) in [6.45, 7) is 0. The average Bonchev–Trinajstić information content (AvgIpc) is 2.39. The van der Waals surface area contributed by atoms with Crippen molar-refractivity contribution in [2.75, 3.05) is 4.90 Å². The van der Waals surface area contributed by atoms with Crippen LogP contribution < -0.4 is 15.8 Å². The molecule has 2 aromatic rings. The summed E-state index contributed by atoms with van der Waals surface area (Å²) < 4.78 is 23.2. The number of carbonyl (C=O) groups excluding carboxylic acids is 1. The van der Waals surface area contributed by atoms with Crippen molar-refractivity contribution >= 4 is 27.4 Å². The first-order chi connectivity index (χ1) is 9.41. The molecule has 0 radical (unpaired) electrons. The quantitative estimate of drug-likeness (QED) is 0.895. The molecule has 7 heteroatoms. The lowest BCUT2D eigenvalue weighted by Crippen LogP contribution is -2.33. The third kappa shape index (κ3) is 2.79. The van der Waals surface area contributed by atoms with Crippen LogP contribution >= 0.6 is 0 Å². The lowest BCUT2D eigenvalue weighted by Gasteiger charge is -2.22. The van der Waals surface area contributed by atoms with Gasteiger partial charge in [-0.15, -0.1) is 0 Å². The molecule has 0 aromatic heterocycles. The molecule has 0 aliphatic carbocycles. The summed E-state index contributed by atoms with van der Waals surface area (Å²) in [7, 11) is -3.97. The Hall–Kier alpha value is -2.38. The van der Waals surface area contributed by atoms with E-state index in [9.17, 15) is 13.2 Å². The van der Waals surface area contributed by atoms with Crippen molar-refractivity contribution in [3.8, 4) is 0 Å². The van der Waals surface area contributed by atoms with Crippen molar-refractivity contribution in [2.24, 2.45) is 10.9 Å². The molecule has 0 atom stereocenters. The number of benzene rings is 2. The molecule has 6 nitrogen and oxygen atoms in total. The molecule has 0 fully saturated rings. The first-order valence-electron chi connectivity index (χ1n) is 5.67. The number of urea groups is 1. The van der Waals surface area contributed by atoms with Gasteiger partial charge in [0.25, 0.3) is 0 Å². The highest BCUT2D eigenvalue weighted by molar-refractivity contribution is 7.89. The highest BCUT2D eigenvalue weighted by Gasteiger charge is 2.22. The van der Waals surface area contributed by atoms with E-state index < -0.39 is 16.1 Å². The Bertz CT molecular complexity index is 730. The molecule has 0 bridgehead atoms. The minimum atomic E-state index is -3.97. The van der Waals surface area contributed by atoms with E-state index in [1.807, 2.05) is 0 Å². The predicted molar refractivity (Wildman–Crippen MR) is 76.0 cm³/mol. The Morgan fingerprint density at radius 3 is 2.05 bits per heavy atom. The number of sulfonamides is 1. The van der Waals surface area contributed by atoms with Gasteiger partial charge in [-0.2, -0.15) is 0 Å². The molecule has 2 rings (SSSR count).